The van der Waals surface area contributed by atoms with Gasteiger partial charge in [0.1, 0.15) is 165 Å². The first kappa shape index (κ1) is 76.9. The van der Waals surface area contributed by atoms with E-state index in [0.29, 0.717) is 0 Å². The summed E-state index contributed by atoms with van der Waals surface area (Å²) in [5.41, 5.74) is 0. The first-order chi connectivity index (χ1) is 43.8. The van der Waals surface area contributed by atoms with Crippen LogP contribution in [0.5, 0.6) is 0 Å². The van der Waals surface area contributed by atoms with E-state index in [4.69, 9.17) is 61.6 Å². The topological polar surface area (TPSA) is 669 Å². The molecule has 7 rings (SSSR count). The van der Waals surface area contributed by atoms with Gasteiger partial charge in [0.05, 0.1) is 57.9 Å². The predicted molar refractivity (Wildman–Crippen MR) is 284 cm³/mol. The molecule has 25 N–H and O–H groups in total. The highest BCUT2D eigenvalue weighted by Crippen LogP contribution is 2.42. The molecule has 36 atom stereocenters. The maximum Gasteiger partial charge on any atom is 0.364 e. The summed E-state index contributed by atoms with van der Waals surface area (Å²) in [5, 5.41) is 245. The minimum absolute atomic E-state index is 0.835. The smallest absolute Gasteiger partial charge is 0.364 e. The number of ether oxygens (including phenoxy) is 13. The van der Waals surface area contributed by atoms with E-state index in [1.54, 1.807) is 0 Å². The molecule has 0 aromatic heterocycles. The van der Waals surface area contributed by atoms with Crippen molar-refractivity contribution in [2.24, 2.45) is 0 Å². The van der Waals surface area contributed by atoms with Crippen LogP contribution in [0.25, 0.3) is 0 Å². The van der Waals surface area contributed by atoms with Gasteiger partial charge >= 0.3 is 5.97 Å². The number of aliphatic hydroxyl groups excluding tert-OH is 21. The Labute approximate surface area is 525 Å². The summed E-state index contributed by atoms with van der Waals surface area (Å²) in [6, 6.07) is -5.62. The predicted octanol–water partition coefficient (Wildman–Crippen LogP) is -16.6. The Morgan fingerprint density at radius 1 is 0.484 bits per heavy atom. The Hall–Kier alpha value is -3.48. The maximum atomic E-state index is 13.7. The molecule has 7 aliphatic heterocycles. The number of carboxylic acids is 1. The van der Waals surface area contributed by atoms with Gasteiger partial charge in [0.15, 0.2) is 37.7 Å². The fourth-order valence-electron chi connectivity index (χ4n) is 11.7. The zero-order chi connectivity index (χ0) is 69.0. The highest BCUT2D eigenvalue weighted by molar-refractivity contribution is 5.78. The monoisotopic (exact) mass is 1360 g/mol. The normalized spacial score (nSPS) is 47.2. The van der Waals surface area contributed by atoms with Gasteiger partial charge in [-0.1, -0.05) is 0 Å². The molecule has 538 valence electrons. The van der Waals surface area contributed by atoms with Crippen LogP contribution >= 0.6 is 0 Å². The fraction of sp³-hybridized carbons (Fsp3) is 0.922. The van der Waals surface area contributed by atoms with Crippen molar-refractivity contribution in [3.8, 4) is 0 Å². The van der Waals surface area contributed by atoms with Gasteiger partial charge in [0, 0.05) is 20.3 Å². The van der Waals surface area contributed by atoms with E-state index >= 15 is 0 Å². The molecular formula is C51H85N3O39. The molecule has 0 radical (unpaired) electrons. The third kappa shape index (κ3) is 16.8. The number of hydrogen-bond acceptors (Lipinski definition) is 38. The molecule has 42 nitrogen and oxygen atoms in total. The second-order valence-electron chi connectivity index (χ2n) is 23.2. The van der Waals surface area contributed by atoms with Crippen LogP contribution < -0.4 is 16.0 Å². The first-order valence-corrected chi connectivity index (χ1v) is 29.3. The van der Waals surface area contributed by atoms with Crippen molar-refractivity contribution in [1.82, 2.24) is 16.0 Å². The van der Waals surface area contributed by atoms with Crippen LogP contribution in [0.3, 0.4) is 0 Å². The lowest BCUT2D eigenvalue weighted by molar-refractivity contribution is -0.407. The van der Waals surface area contributed by atoms with Gasteiger partial charge in [-0.25, -0.2) is 4.79 Å². The molecule has 7 heterocycles. The van der Waals surface area contributed by atoms with Crippen molar-refractivity contribution in [3.05, 3.63) is 0 Å². The van der Waals surface area contributed by atoms with Gasteiger partial charge in [-0.15, -0.1) is 0 Å². The quantitative estimate of drug-likeness (QED) is 0.0404. The molecule has 0 aromatic rings. The van der Waals surface area contributed by atoms with Crippen molar-refractivity contribution in [1.29, 1.82) is 0 Å². The largest absolute Gasteiger partial charge is 0.477 e. The van der Waals surface area contributed by atoms with Gasteiger partial charge < -0.3 is 190 Å². The van der Waals surface area contributed by atoms with E-state index in [9.17, 15) is 132 Å². The molecule has 0 spiro atoms. The van der Waals surface area contributed by atoms with Crippen LogP contribution in [0.1, 0.15) is 27.2 Å². The lowest BCUT2D eigenvalue weighted by Gasteiger charge is -2.53. The van der Waals surface area contributed by atoms with Gasteiger partial charge in [0.25, 0.3) is 5.79 Å². The van der Waals surface area contributed by atoms with Gasteiger partial charge in [-0.3, -0.25) is 14.4 Å². The zero-order valence-electron chi connectivity index (χ0n) is 49.6. The Kier molecular flexibility index (Phi) is 27.2. The van der Waals surface area contributed by atoms with Crippen molar-refractivity contribution < 1.29 is 193 Å². The average Bonchev–Trinajstić information content (AvgIpc) is 0.756. The van der Waals surface area contributed by atoms with Crippen LogP contribution in [-0.4, -0.2) is 403 Å². The summed E-state index contributed by atoms with van der Waals surface area (Å²) in [5.74, 6) is -8.80. The van der Waals surface area contributed by atoms with Crippen molar-refractivity contribution in [2.45, 2.75) is 248 Å². The number of rotatable bonds is 25. The molecule has 0 bridgehead atoms. The summed E-state index contributed by atoms with van der Waals surface area (Å²) in [4.78, 5) is 51.8. The molecular weight excluding hydrogens is 1280 g/mol. The first-order valence-electron chi connectivity index (χ1n) is 29.3. The number of carbonyl (C=O) groups excluding carboxylic acids is 3. The molecule has 3 amide bonds. The number of aliphatic hydroxyl groups is 21. The van der Waals surface area contributed by atoms with Crippen molar-refractivity contribution >= 4 is 23.7 Å². The van der Waals surface area contributed by atoms with Gasteiger partial charge in [-0.2, -0.15) is 0 Å². The Balaban J connectivity index is 1.28. The number of amides is 3. The van der Waals surface area contributed by atoms with E-state index in [0.717, 1.165) is 13.8 Å². The molecule has 7 aliphatic rings. The highest BCUT2D eigenvalue weighted by atomic mass is 16.8. The van der Waals surface area contributed by atoms with Crippen LogP contribution in [0.15, 0.2) is 0 Å². The Morgan fingerprint density at radius 2 is 0.935 bits per heavy atom. The standard InChI is InChI=1S/C51H85N3O39/c1-12-26(66)31(71)34(74)46(82-12)91-42-25(53-14(3)62)45(81-11-21-30(70)40(24(44(78)83-21)52-13(2)61)90-48-36(76)33(73)29(69)18(7-57)85-48)86-19(8-58)38(42)88-49-37(77)43(39(20(9-59)87-49)89-47-35(75)32(72)28(68)17(6-56)84-47)93-51(50(79)80)4-15(63)23(54-22(65)10-60)41(92-51)27(67)16(64)5-55/h12,15-21,23-49,55-60,63-64,66-78H,4-11H2,1-3H3,(H,52,61)(H,53,62)(H,54,65)(H,79,80)/t12-,15-,16+,17+,18+,19+,20+,21+,23+,24+,25+,26+,27+,28-,29-,30-,31+,32-,33-,34-,35+,36+,37+,38+,39-,40+,41+,42+,43+,44-,45+,46-,47-,48-,49-,51-/m0/s1. The third-order valence-corrected chi connectivity index (χ3v) is 16.8. The van der Waals surface area contributed by atoms with E-state index in [1.807, 2.05) is 0 Å². The second-order valence-corrected chi connectivity index (χ2v) is 23.2. The highest BCUT2D eigenvalue weighted by Gasteiger charge is 2.63. The molecule has 0 saturated carbocycles. The van der Waals surface area contributed by atoms with E-state index in [-0.39, 0.29) is 0 Å². The zero-order valence-corrected chi connectivity index (χ0v) is 49.6. The van der Waals surface area contributed by atoms with E-state index in [2.05, 4.69) is 16.0 Å². The molecule has 7 fully saturated rings. The Morgan fingerprint density at radius 3 is 1.43 bits per heavy atom. The summed E-state index contributed by atoms with van der Waals surface area (Å²) < 4.78 is 76.6. The summed E-state index contributed by atoms with van der Waals surface area (Å²) in [7, 11) is 0. The molecule has 0 aromatic carbocycles. The molecule has 93 heavy (non-hydrogen) atoms. The maximum absolute atomic E-state index is 13.7. The number of carbonyl (C=O) groups is 4. The molecule has 7 saturated heterocycles. The number of hydrogen-bond donors (Lipinski definition) is 25. The summed E-state index contributed by atoms with van der Waals surface area (Å²) >= 11 is 0. The molecule has 42 heteroatoms. The SMILES string of the molecule is CC(=O)N[C@@H]1[C@@H](O[C@@H]2O[C@H](CO)[C@H](O)[C@H](O)[C@H]2O)[C@@H](O)[C@@H](CO[C@@H]2O[C@H](CO)[C@@H](O[C@@H]3O[C@H](CO)[C@H](O[C@@H]4O[C@H](CO)[C@H](O)[C@H](O)[C@H]4O)[C@H](O[C@]4(C(=O)O)C[C@H](O)[C@@H](NC(=O)CO)[C@H]([C@H](O)[C@H](O)CO)O4)[C@H]3O)[C@H](O[C@@H]3O[C@@H](C)[C@@H](O)[C@@H](O)[C@@H]3O)[C@H]2NC(C)=O)O[C@@H]1O. The second kappa shape index (κ2) is 32.9. The third-order valence-electron chi connectivity index (χ3n) is 16.8. The number of carboxylic acid groups (broad SMARTS) is 1. The van der Waals surface area contributed by atoms with Crippen LogP contribution in [0.4, 0.5) is 0 Å². The molecule has 0 unspecified atom stereocenters. The van der Waals surface area contributed by atoms with Gasteiger partial charge in [0.2, 0.25) is 17.7 Å². The molecule has 0 aliphatic carbocycles. The van der Waals surface area contributed by atoms with Crippen LogP contribution in [-0.2, 0) is 80.8 Å². The van der Waals surface area contributed by atoms with E-state index in [1.165, 1.54) is 6.92 Å². The average molecular weight is 1360 g/mol. The summed E-state index contributed by atoms with van der Waals surface area (Å²) in [6.45, 7) is -4.95. The van der Waals surface area contributed by atoms with Crippen LogP contribution in [0, 0.1) is 0 Å². The van der Waals surface area contributed by atoms with Crippen molar-refractivity contribution in [2.75, 3.05) is 46.2 Å². The van der Waals surface area contributed by atoms with E-state index < -0.39 is 297 Å². The fourth-order valence-corrected chi connectivity index (χ4v) is 11.7. The lowest BCUT2D eigenvalue weighted by atomic mass is 9.88. The number of nitrogens with one attached hydrogen (secondary N) is 3. The van der Waals surface area contributed by atoms with Crippen molar-refractivity contribution in [3.63, 3.8) is 0 Å². The van der Waals surface area contributed by atoms with Crippen LogP contribution in [0.2, 0.25) is 0 Å². The summed E-state index contributed by atoms with van der Waals surface area (Å²) in [6.07, 6.45) is -68.8. The number of aliphatic carboxylic acids is 1. The van der Waals surface area contributed by atoms with Gasteiger partial charge in [-0.05, 0) is 6.92 Å². The lowest BCUT2D eigenvalue weighted by Crippen LogP contribution is -2.72. The minimum atomic E-state index is -3.49. The minimum Gasteiger partial charge on any atom is -0.477 e. The Bertz CT molecular complexity index is 2410.